The highest BCUT2D eigenvalue weighted by Crippen LogP contribution is 2.36. The van der Waals surface area contributed by atoms with E-state index in [0.717, 1.165) is 85.6 Å². The predicted octanol–water partition coefficient (Wildman–Crippen LogP) is 6.34. The molecule has 2 unspecified atom stereocenters. The van der Waals surface area contributed by atoms with Crippen molar-refractivity contribution < 1.29 is 28.8 Å². The van der Waals surface area contributed by atoms with Gasteiger partial charge in [0.1, 0.15) is 12.1 Å². The van der Waals surface area contributed by atoms with Gasteiger partial charge in [0.15, 0.2) is 5.13 Å². The van der Waals surface area contributed by atoms with Crippen molar-refractivity contribution in [1.82, 2.24) is 25.0 Å². The monoisotopic (exact) mass is 864 g/mol. The van der Waals surface area contributed by atoms with Gasteiger partial charge >= 0.3 is 0 Å². The van der Waals surface area contributed by atoms with Crippen molar-refractivity contribution in [2.45, 2.75) is 57.2 Å². The highest BCUT2D eigenvalue weighted by Gasteiger charge is 2.45. The number of nitrogens with zero attached hydrogens (tertiary/aromatic N) is 5. The smallest absolute Gasteiger partial charge is 0.264 e. The van der Waals surface area contributed by atoms with Crippen LogP contribution in [-0.2, 0) is 20.9 Å². The van der Waals surface area contributed by atoms with Gasteiger partial charge < -0.3 is 15.1 Å². The minimum absolute atomic E-state index is 0.0859. The molecular weight excluding hydrogens is 817 g/mol. The van der Waals surface area contributed by atoms with Crippen LogP contribution in [0.3, 0.4) is 0 Å². The first-order valence-electron chi connectivity index (χ1n) is 21.6. The van der Waals surface area contributed by atoms with Gasteiger partial charge in [-0.15, -0.1) is 11.3 Å². The van der Waals surface area contributed by atoms with Gasteiger partial charge in [0.25, 0.3) is 23.6 Å². The fourth-order valence-electron chi connectivity index (χ4n) is 9.07. The van der Waals surface area contributed by atoms with Crippen molar-refractivity contribution in [3.8, 4) is 11.1 Å². The number of aromatic nitrogens is 1. The molecule has 0 spiro atoms. The molecule has 2 fully saturated rings. The highest BCUT2D eigenvalue weighted by molar-refractivity contribution is 7.13. The van der Waals surface area contributed by atoms with E-state index in [1.807, 2.05) is 48.5 Å². The summed E-state index contributed by atoms with van der Waals surface area (Å²) >= 11 is 1.34. The van der Waals surface area contributed by atoms with Gasteiger partial charge in [-0.05, 0) is 78.4 Å². The fraction of sp³-hybridized carbons (Fsp3) is 0.312. The van der Waals surface area contributed by atoms with Gasteiger partial charge in [0.05, 0.1) is 11.1 Å². The van der Waals surface area contributed by atoms with E-state index in [9.17, 15) is 28.8 Å². The number of rotatable bonds is 15. The average Bonchev–Trinajstić information content (AvgIpc) is 4.00. The molecular formula is C48H48N8O6S. The molecule has 5 aromatic rings. The van der Waals surface area contributed by atoms with Crippen molar-refractivity contribution in [3.63, 3.8) is 0 Å². The van der Waals surface area contributed by atoms with Crippen molar-refractivity contribution in [1.29, 1.82) is 0 Å². The molecule has 14 nitrogen and oxygen atoms in total. The Morgan fingerprint density at radius 2 is 1.57 bits per heavy atom. The first-order chi connectivity index (χ1) is 30.7. The summed E-state index contributed by atoms with van der Waals surface area (Å²) in [5, 5.41) is 10.8. The van der Waals surface area contributed by atoms with Crippen LogP contribution in [0, 0.1) is 0 Å². The fourth-order valence-corrected chi connectivity index (χ4v) is 9.60. The lowest BCUT2D eigenvalue weighted by Gasteiger charge is -2.36. The van der Waals surface area contributed by atoms with Crippen LogP contribution >= 0.6 is 11.3 Å². The standard InChI is InChI=1S/C48H48N8O6S/c57-40-20-19-39(43(58)51-40)56-46(61)36-11-8-12-38(41(36)47(56)62)49-21-6-1-2-7-23-53-24-26-54(27-25-53)35-17-15-31(16-18-35)33-13-14-34-30-55(45(60)37(34)29-33)42(32-9-4-3-5-10-32)44(59)52-48-50-22-28-63-48/h3-5,8-18,22,28-29,39,42,49H,1-2,6-7,19-21,23-27,30H2,(H,50,52,59)(H,51,57,58). The SMILES string of the molecule is O=C1CCC(N2C(=O)c3cccc(NCCCCCCN4CCN(c5ccc(-c6ccc7c(c6)C(=O)N(C(C(=O)Nc6nccs6)c6ccccc6)C7)cc5)CC4)c3C2=O)C(=O)N1. The number of benzene rings is 4. The lowest BCUT2D eigenvalue weighted by atomic mass is 10.00. The van der Waals surface area contributed by atoms with Gasteiger partial charge in [-0.1, -0.05) is 73.5 Å². The Bertz CT molecular complexity index is 2540. The Labute approximate surface area is 369 Å². The summed E-state index contributed by atoms with van der Waals surface area (Å²) in [5.41, 5.74) is 6.55. The van der Waals surface area contributed by atoms with Crippen LogP contribution in [0.15, 0.2) is 103 Å². The molecule has 322 valence electrons. The molecule has 9 rings (SSSR count). The third kappa shape index (κ3) is 8.71. The summed E-state index contributed by atoms with van der Waals surface area (Å²) in [6, 6.07) is 27.3. The van der Waals surface area contributed by atoms with E-state index in [-0.39, 0.29) is 35.8 Å². The number of hydrogen-bond donors (Lipinski definition) is 3. The number of piperidine rings is 1. The van der Waals surface area contributed by atoms with E-state index >= 15 is 0 Å². The summed E-state index contributed by atoms with van der Waals surface area (Å²) in [7, 11) is 0. The van der Waals surface area contributed by atoms with Gasteiger partial charge in [0.2, 0.25) is 11.8 Å². The van der Waals surface area contributed by atoms with E-state index in [2.05, 4.69) is 55.0 Å². The van der Waals surface area contributed by atoms with E-state index in [1.54, 1.807) is 34.7 Å². The minimum atomic E-state index is -0.984. The molecule has 63 heavy (non-hydrogen) atoms. The first-order valence-corrected chi connectivity index (χ1v) is 22.5. The van der Waals surface area contributed by atoms with Crippen molar-refractivity contribution in [3.05, 3.63) is 130 Å². The Balaban J connectivity index is 0.718. The number of carbonyl (C=O) groups excluding carboxylic acids is 6. The molecule has 0 aliphatic carbocycles. The Morgan fingerprint density at radius 1 is 0.794 bits per heavy atom. The Hall–Kier alpha value is -6.71. The number of thiazole rings is 1. The normalized spacial score (nSPS) is 18.1. The molecule has 0 radical (unpaired) electrons. The maximum atomic E-state index is 14.0. The first kappa shape index (κ1) is 41.6. The quantitative estimate of drug-likeness (QED) is 0.0800. The highest BCUT2D eigenvalue weighted by atomic mass is 32.1. The maximum Gasteiger partial charge on any atom is 0.264 e. The number of fused-ring (bicyclic) bond motifs is 2. The zero-order chi connectivity index (χ0) is 43.5. The Kier molecular flexibility index (Phi) is 12.1. The number of imide groups is 2. The van der Waals surface area contributed by atoms with Crippen molar-refractivity contribution in [2.24, 2.45) is 0 Å². The molecule has 5 heterocycles. The molecule has 15 heteroatoms. The summed E-state index contributed by atoms with van der Waals surface area (Å²) in [5.74, 6) is -2.49. The van der Waals surface area contributed by atoms with Crippen LogP contribution in [-0.4, -0.2) is 100 Å². The molecule has 1 aromatic heterocycles. The molecule has 2 saturated heterocycles. The van der Waals surface area contributed by atoms with Crippen molar-refractivity contribution >= 4 is 63.3 Å². The number of amides is 6. The number of piperazine rings is 1. The van der Waals surface area contributed by atoms with Crippen LogP contribution in [0.25, 0.3) is 11.1 Å². The van der Waals surface area contributed by atoms with Crippen LogP contribution in [0.5, 0.6) is 0 Å². The zero-order valence-corrected chi connectivity index (χ0v) is 35.6. The topological polar surface area (TPSA) is 164 Å². The molecule has 0 bridgehead atoms. The third-order valence-corrected chi connectivity index (χ3v) is 13.1. The maximum absolute atomic E-state index is 14.0. The third-order valence-electron chi connectivity index (χ3n) is 12.4. The second kappa shape index (κ2) is 18.3. The zero-order valence-electron chi connectivity index (χ0n) is 34.8. The summed E-state index contributed by atoms with van der Waals surface area (Å²) in [4.78, 5) is 89.9. The van der Waals surface area contributed by atoms with Gasteiger partial charge in [-0.25, -0.2) is 4.98 Å². The second-order valence-corrected chi connectivity index (χ2v) is 17.2. The summed E-state index contributed by atoms with van der Waals surface area (Å²) < 4.78 is 0. The molecule has 6 amide bonds. The molecule has 3 N–H and O–H groups in total. The predicted molar refractivity (Wildman–Crippen MR) is 240 cm³/mol. The van der Waals surface area contributed by atoms with E-state index in [0.29, 0.717) is 29.5 Å². The summed E-state index contributed by atoms with van der Waals surface area (Å²) in [6.07, 6.45) is 5.97. The van der Waals surface area contributed by atoms with E-state index < -0.39 is 35.7 Å². The number of unbranched alkanes of at least 4 members (excludes halogenated alkanes) is 3. The number of anilines is 3. The van der Waals surface area contributed by atoms with Crippen LogP contribution in [0.4, 0.5) is 16.5 Å². The minimum Gasteiger partial charge on any atom is -0.384 e. The van der Waals surface area contributed by atoms with Crippen LogP contribution < -0.4 is 20.9 Å². The van der Waals surface area contributed by atoms with Gasteiger partial charge in [-0.2, -0.15) is 0 Å². The largest absolute Gasteiger partial charge is 0.384 e. The molecule has 4 aliphatic rings. The Morgan fingerprint density at radius 3 is 2.33 bits per heavy atom. The van der Waals surface area contributed by atoms with Crippen LogP contribution in [0.1, 0.15) is 86.8 Å². The molecule has 0 saturated carbocycles. The average molecular weight is 865 g/mol. The van der Waals surface area contributed by atoms with E-state index in [1.165, 1.54) is 17.0 Å². The molecule has 4 aliphatic heterocycles. The lowest BCUT2D eigenvalue weighted by Crippen LogP contribution is -2.54. The number of carbonyl (C=O) groups is 6. The second-order valence-electron chi connectivity index (χ2n) is 16.3. The van der Waals surface area contributed by atoms with Crippen molar-refractivity contribution in [2.75, 3.05) is 54.8 Å². The number of nitrogens with one attached hydrogen (secondary N) is 3. The number of hydrogen-bond acceptors (Lipinski definition) is 11. The summed E-state index contributed by atoms with van der Waals surface area (Å²) in [6.45, 7) is 5.88. The van der Waals surface area contributed by atoms with Crippen LogP contribution in [0.2, 0.25) is 0 Å². The van der Waals surface area contributed by atoms with E-state index in [4.69, 9.17) is 0 Å². The van der Waals surface area contributed by atoms with Gasteiger partial charge in [0, 0.05) is 74.2 Å². The molecule has 4 aromatic carbocycles. The lowest BCUT2D eigenvalue weighted by molar-refractivity contribution is -0.136. The van der Waals surface area contributed by atoms with Gasteiger partial charge in [-0.3, -0.25) is 49.2 Å². The molecule has 2 atom stereocenters.